The third kappa shape index (κ3) is 4.47. The summed E-state index contributed by atoms with van der Waals surface area (Å²) in [6.45, 7) is 4.19. The van der Waals surface area contributed by atoms with Crippen molar-refractivity contribution < 1.29 is 14.5 Å². The molecule has 1 heterocycles. The van der Waals surface area contributed by atoms with E-state index in [0.717, 1.165) is 19.5 Å². The number of esters is 1. The topological polar surface area (TPSA) is 106 Å². The van der Waals surface area contributed by atoms with Crippen LogP contribution < -0.4 is 10.6 Å². The van der Waals surface area contributed by atoms with Crippen LogP contribution in [0.15, 0.2) is 12.1 Å². The minimum absolute atomic E-state index is 0.0345. The Bertz CT molecular complexity index is 479. The first-order valence-corrected chi connectivity index (χ1v) is 6.28. The highest BCUT2D eigenvalue weighted by atomic mass is 16.6. The predicted octanol–water partition coefficient (Wildman–Crippen LogP) is 1.19. The highest BCUT2D eigenvalue weighted by Gasteiger charge is 2.18. The molecule has 0 aromatic carbocycles. The highest BCUT2D eigenvalue weighted by Crippen LogP contribution is 2.22. The number of pyridine rings is 1. The number of nitro groups is 1. The average Bonchev–Trinajstić information content (AvgIpc) is 2.45. The van der Waals surface area contributed by atoms with Gasteiger partial charge in [-0.1, -0.05) is 6.92 Å². The second-order valence-electron chi connectivity index (χ2n) is 3.95. The van der Waals surface area contributed by atoms with E-state index in [2.05, 4.69) is 20.4 Å². The molecule has 0 saturated carbocycles. The molecule has 0 aliphatic carbocycles. The van der Waals surface area contributed by atoms with Crippen molar-refractivity contribution in [2.45, 2.75) is 13.3 Å². The molecule has 0 fully saturated rings. The van der Waals surface area contributed by atoms with E-state index in [1.165, 1.54) is 19.2 Å². The predicted molar refractivity (Wildman–Crippen MR) is 73.9 cm³/mol. The van der Waals surface area contributed by atoms with E-state index in [9.17, 15) is 14.9 Å². The fourth-order valence-electron chi connectivity index (χ4n) is 1.54. The van der Waals surface area contributed by atoms with Crippen LogP contribution in [0.1, 0.15) is 23.8 Å². The van der Waals surface area contributed by atoms with Gasteiger partial charge in [-0.15, -0.1) is 0 Å². The summed E-state index contributed by atoms with van der Waals surface area (Å²) in [5.74, 6) is -0.551. The van der Waals surface area contributed by atoms with E-state index in [1.54, 1.807) is 0 Å². The van der Waals surface area contributed by atoms with E-state index in [-0.39, 0.29) is 17.2 Å². The summed E-state index contributed by atoms with van der Waals surface area (Å²) in [4.78, 5) is 25.7. The number of nitrogens with one attached hydrogen (secondary N) is 2. The first-order chi connectivity index (χ1) is 9.60. The second kappa shape index (κ2) is 8.05. The van der Waals surface area contributed by atoms with Gasteiger partial charge in [0.1, 0.15) is 0 Å². The molecule has 0 aliphatic heterocycles. The molecule has 1 aromatic heterocycles. The summed E-state index contributed by atoms with van der Waals surface area (Å²) in [5.41, 5.74) is -0.131. The van der Waals surface area contributed by atoms with Gasteiger partial charge in [-0.3, -0.25) is 10.1 Å². The van der Waals surface area contributed by atoms with Gasteiger partial charge in [0.2, 0.25) is 5.82 Å². The molecule has 0 radical (unpaired) electrons. The van der Waals surface area contributed by atoms with Crippen LogP contribution in [0.3, 0.4) is 0 Å². The van der Waals surface area contributed by atoms with E-state index >= 15 is 0 Å². The molecule has 0 atom stereocenters. The zero-order valence-corrected chi connectivity index (χ0v) is 11.5. The van der Waals surface area contributed by atoms with Gasteiger partial charge in [-0.25, -0.2) is 9.78 Å². The lowest BCUT2D eigenvalue weighted by Crippen LogP contribution is -2.18. The Labute approximate surface area is 116 Å². The molecule has 20 heavy (non-hydrogen) atoms. The van der Waals surface area contributed by atoms with Crippen molar-refractivity contribution in [1.82, 2.24) is 10.3 Å². The Morgan fingerprint density at radius 2 is 2.20 bits per heavy atom. The molecule has 110 valence electrons. The normalized spacial score (nSPS) is 10.1. The van der Waals surface area contributed by atoms with Gasteiger partial charge in [0.25, 0.3) is 0 Å². The zero-order chi connectivity index (χ0) is 15.0. The molecule has 8 heteroatoms. The number of nitrogens with zero attached hydrogens (tertiary/aromatic N) is 2. The minimum atomic E-state index is -0.629. The number of hydrogen-bond donors (Lipinski definition) is 2. The number of aromatic nitrogens is 1. The number of hydrogen-bond acceptors (Lipinski definition) is 7. The van der Waals surface area contributed by atoms with Crippen LogP contribution >= 0.6 is 0 Å². The third-order valence-corrected chi connectivity index (χ3v) is 2.54. The van der Waals surface area contributed by atoms with Crippen LogP contribution in [0.5, 0.6) is 0 Å². The Hall–Kier alpha value is -2.22. The Balaban J connectivity index is 2.78. The molecule has 1 rings (SSSR count). The number of ether oxygens (including phenoxy) is 1. The Morgan fingerprint density at radius 1 is 1.45 bits per heavy atom. The largest absolute Gasteiger partial charge is 0.464 e. The first-order valence-electron chi connectivity index (χ1n) is 6.28. The molecule has 0 aliphatic rings. The van der Waals surface area contributed by atoms with Crippen molar-refractivity contribution in [2.75, 3.05) is 32.1 Å². The molecule has 0 unspecified atom stereocenters. The van der Waals surface area contributed by atoms with E-state index < -0.39 is 10.9 Å². The second-order valence-corrected chi connectivity index (χ2v) is 3.95. The van der Waals surface area contributed by atoms with Crippen molar-refractivity contribution in [3.63, 3.8) is 0 Å². The van der Waals surface area contributed by atoms with Crippen LogP contribution in [0, 0.1) is 10.1 Å². The van der Waals surface area contributed by atoms with Crippen molar-refractivity contribution in [3.05, 3.63) is 27.9 Å². The quantitative estimate of drug-likeness (QED) is 0.319. The van der Waals surface area contributed by atoms with Crippen molar-refractivity contribution in [1.29, 1.82) is 0 Å². The highest BCUT2D eigenvalue weighted by molar-refractivity contribution is 5.88. The lowest BCUT2D eigenvalue weighted by Gasteiger charge is -2.07. The fourth-order valence-corrected chi connectivity index (χ4v) is 1.54. The molecule has 0 amide bonds. The standard InChI is InChI=1S/C12H18N4O4/c1-3-13-7-4-8-14-11-10(16(18)19)6-5-9(15-11)12(17)20-2/h5-6,13H,3-4,7-8H2,1-2H3,(H,14,15). The molecule has 1 aromatic rings. The monoisotopic (exact) mass is 282 g/mol. The Kier molecular flexibility index (Phi) is 6.38. The van der Waals surface area contributed by atoms with Gasteiger partial charge < -0.3 is 15.4 Å². The van der Waals surface area contributed by atoms with Gasteiger partial charge in [0.15, 0.2) is 5.69 Å². The summed E-state index contributed by atoms with van der Waals surface area (Å²) in [5, 5.41) is 16.9. The summed E-state index contributed by atoms with van der Waals surface area (Å²) in [7, 11) is 1.23. The smallest absolute Gasteiger partial charge is 0.356 e. The van der Waals surface area contributed by atoms with E-state index in [0.29, 0.717) is 6.54 Å². The third-order valence-electron chi connectivity index (χ3n) is 2.54. The van der Waals surface area contributed by atoms with Gasteiger partial charge in [0.05, 0.1) is 12.0 Å². The van der Waals surface area contributed by atoms with E-state index in [4.69, 9.17) is 0 Å². The molecular formula is C12H18N4O4. The SMILES string of the molecule is CCNCCCNc1nc(C(=O)OC)ccc1[N+](=O)[O-]. The van der Waals surface area contributed by atoms with Crippen LogP contribution in [0.2, 0.25) is 0 Å². The number of anilines is 1. The minimum Gasteiger partial charge on any atom is -0.464 e. The molecule has 0 bridgehead atoms. The number of rotatable bonds is 8. The number of carbonyl (C=O) groups is 1. The van der Waals surface area contributed by atoms with Gasteiger partial charge in [0, 0.05) is 12.6 Å². The van der Waals surface area contributed by atoms with Crippen LogP contribution in [-0.4, -0.2) is 42.6 Å². The maximum Gasteiger partial charge on any atom is 0.356 e. The molecule has 2 N–H and O–H groups in total. The van der Waals surface area contributed by atoms with Crippen LogP contribution in [0.25, 0.3) is 0 Å². The maximum absolute atomic E-state index is 11.4. The lowest BCUT2D eigenvalue weighted by molar-refractivity contribution is -0.384. The number of methoxy groups -OCH3 is 1. The number of carbonyl (C=O) groups excluding carboxylic acids is 1. The molecular weight excluding hydrogens is 264 g/mol. The van der Waals surface area contributed by atoms with Crippen molar-refractivity contribution in [2.24, 2.45) is 0 Å². The zero-order valence-electron chi connectivity index (χ0n) is 11.5. The average molecular weight is 282 g/mol. The van der Waals surface area contributed by atoms with Crippen molar-refractivity contribution in [3.8, 4) is 0 Å². The fraction of sp³-hybridized carbons (Fsp3) is 0.500. The van der Waals surface area contributed by atoms with Gasteiger partial charge in [-0.2, -0.15) is 0 Å². The van der Waals surface area contributed by atoms with Gasteiger partial charge >= 0.3 is 11.7 Å². The van der Waals surface area contributed by atoms with Crippen LogP contribution in [0.4, 0.5) is 11.5 Å². The molecule has 0 spiro atoms. The molecule has 0 saturated heterocycles. The van der Waals surface area contributed by atoms with Gasteiger partial charge in [-0.05, 0) is 25.6 Å². The van der Waals surface area contributed by atoms with Crippen molar-refractivity contribution >= 4 is 17.5 Å². The summed E-state index contributed by atoms with van der Waals surface area (Å²) in [6, 6.07) is 2.51. The van der Waals surface area contributed by atoms with E-state index in [1.807, 2.05) is 6.92 Å². The lowest BCUT2D eigenvalue weighted by atomic mass is 10.3. The first kappa shape index (κ1) is 15.8. The maximum atomic E-state index is 11.4. The Morgan fingerprint density at radius 3 is 2.80 bits per heavy atom. The summed E-state index contributed by atoms with van der Waals surface area (Å²) < 4.78 is 4.54. The van der Waals surface area contributed by atoms with Crippen LogP contribution in [-0.2, 0) is 4.74 Å². The summed E-state index contributed by atoms with van der Waals surface area (Å²) in [6.07, 6.45) is 0.787. The molecule has 8 nitrogen and oxygen atoms in total. The summed E-state index contributed by atoms with van der Waals surface area (Å²) >= 11 is 0.